The van der Waals surface area contributed by atoms with Crippen molar-refractivity contribution in [1.29, 1.82) is 0 Å². The van der Waals surface area contributed by atoms with E-state index in [1.165, 1.54) is 32.9 Å². The quantitative estimate of drug-likeness (QED) is 0.0322. The number of hydrogen-bond acceptors (Lipinski definition) is 16. The first kappa shape index (κ1) is 81.5. The molecular weight excluding hydrogens is 1300 g/mol. The molecule has 1 saturated heterocycles. The molecule has 17 nitrogen and oxygen atoms in total. The Hall–Kier alpha value is -8.77. The number of alkyl carbamates (subject to hydrolysis) is 1. The van der Waals surface area contributed by atoms with E-state index < -0.39 is 124 Å². The van der Waals surface area contributed by atoms with Crippen LogP contribution < -0.4 is 5.32 Å². The van der Waals surface area contributed by atoms with Gasteiger partial charge in [-0.3, -0.25) is 19.2 Å². The largest absolute Gasteiger partial charge is 0.461 e. The van der Waals surface area contributed by atoms with Crippen LogP contribution in [0.3, 0.4) is 0 Å². The van der Waals surface area contributed by atoms with Gasteiger partial charge in [-0.05, 0) is 160 Å². The number of hydrogen-bond donors (Lipinski definition) is 3. The highest BCUT2D eigenvalue weighted by atomic mass is 16.6. The fourth-order valence-corrected chi connectivity index (χ4v) is 14.7. The lowest BCUT2D eigenvalue weighted by Gasteiger charge is -2.78. The predicted octanol–water partition coefficient (Wildman–Crippen LogP) is 16.7. The molecule has 2 aromatic carbocycles. The van der Waals surface area contributed by atoms with Crippen LogP contribution in [0.25, 0.3) is 0 Å². The number of fused-ring (bicyclic) bond motifs is 3. The van der Waals surface area contributed by atoms with Gasteiger partial charge in [0.2, 0.25) is 0 Å². The molecular formula is C86H109NO16. The zero-order valence-corrected chi connectivity index (χ0v) is 61.7. The number of rotatable bonds is 38. The van der Waals surface area contributed by atoms with Crippen molar-refractivity contribution in [2.24, 2.45) is 16.7 Å². The summed E-state index contributed by atoms with van der Waals surface area (Å²) in [6, 6.07) is 14.7. The molecule has 4 fully saturated rings. The zero-order valence-electron chi connectivity index (χ0n) is 61.7. The van der Waals surface area contributed by atoms with Gasteiger partial charge in [-0.25, -0.2) is 14.4 Å². The molecule has 12 atom stereocenters. The number of aliphatic hydroxyl groups excluding tert-OH is 1. The maximum absolute atomic E-state index is 16.8. The van der Waals surface area contributed by atoms with Crippen molar-refractivity contribution in [2.75, 3.05) is 6.61 Å². The highest BCUT2D eigenvalue weighted by molar-refractivity contribution is 5.97. The third-order valence-corrected chi connectivity index (χ3v) is 19.9. The average Bonchev–Trinajstić information content (AvgIpc) is 0.621. The standard InChI is InChI=1S/C86H109NO16/c1-10-12-14-16-18-20-22-24-26-28-30-32-34-36-38-40-42-44-52-58-69(89)98-67-60-68-84(62-97-68,101-64(4)88)75-77(100-78(93)66-56-50-47-51-57-66)85(96)61-86(102-79(94)73(91)72(65-54-48-46-49-55-65)87-80(95)103-81(5,6)7)63(3)71(83(85,86)9)74(76(92)82(67,75)8)99-70(90)59-53-45-43-41-39-37-35-33-31-29-27-25-23-21-19-17-15-13-11-2/h12-15,18-21,24-27,30-33,36-39,42-51,54-57,67-68,72-75,77,91,96H,10-11,16-17,22-23,28-29,34-35,40-41,52-53,58-62H2,1-9H3,(H,87,95)/b14-12-,15-13-,20-18-,21-19-,26-24-,27-25-,32-30-,33-31-,38-36-,39-37-,44-42-,45-43-/t67-,68+,72?,73+,74+,75-,77-,82+,83?,84-,85+,86?/m0/s1. The molecule has 0 bridgehead atoms. The maximum atomic E-state index is 16.8. The molecule has 4 aliphatic carbocycles. The van der Waals surface area contributed by atoms with Gasteiger partial charge in [0.25, 0.3) is 0 Å². The van der Waals surface area contributed by atoms with E-state index in [0.717, 1.165) is 64.2 Å². The molecule has 103 heavy (non-hydrogen) atoms. The van der Waals surface area contributed by atoms with Crippen molar-refractivity contribution < 1.29 is 76.9 Å². The normalized spacial score (nSPS) is 26.8. The molecule has 3 unspecified atom stereocenters. The summed E-state index contributed by atoms with van der Waals surface area (Å²) in [5.74, 6) is -7.02. The summed E-state index contributed by atoms with van der Waals surface area (Å²) in [7, 11) is 0. The molecule has 5 aliphatic rings. The minimum atomic E-state index is -2.43. The van der Waals surface area contributed by atoms with Gasteiger partial charge in [-0.15, -0.1) is 0 Å². The molecule has 554 valence electrons. The molecule has 1 heterocycles. The number of ether oxygens (including phenoxy) is 7. The van der Waals surface area contributed by atoms with E-state index in [0.29, 0.717) is 18.4 Å². The molecule has 3 saturated carbocycles. The van der Waals surface area contributed by atoms with Gasteiger partial charge in [-0.2, -0.15) is 0 Å². The highest BCUT2D eigenvalue weighted by Crippen LogP contribution is 2.78. The number of nitrogens with one attached hydrogen (secondary N) is 1. The molecule has 7 rings (SSSR count). The molecule has 1 aliphatic heterocycles. The van der Waals surface area contributed by atoms with Crippen LogP contribution in [-0.2, 0) is 57.1 Å². The van der Waals surface area contributed by atoms with E-state index in [1.807, 2.05) is 36.5 Å². The Bertz CT molecular complexity index is 3610. The Morgan fingerprint density at radius 3 is 1.48 bits per heavy atom. The first-order valence-corrected chi connectivity index (χ1v) is 36.7. The van der Waals surface area contributed by atoms with Gasteiger partial charge in [-0.1, -0.05) is 208 Å². The summed E-state index contributed by atoms with van der Waals surface area (Å²) in [6.45, 7) is 14.6. The molecule has 0 spiro atoms. The summed E-state index contributed by atoms with van der Waals surface area (Å²) in [4.78, 5) is 103. The van der Waals surface area contributed by atoms with Gasteiger partial charge < -0.3 is 48.7 Å². The first-order valence-electron chi connectivity index (χ1n) is 36.7. The van der Waals surface area contributed by atoms with Crippen LogP contribution >= 0.6 is 0 Å². The van der Waals surface area contributed by atoms with Crippen LogP contribution in [0, 0.1) is 16.7 Å². The second-order valence-electron chi connectivity index (χ2n) is 28.1. The number of benzene rings is 2. The van der Waals surface area contributed by atoms with Crippen LogP contribution in [-0.4, -0.2) is 111 Å². The summed E-state index contributed by atoms with van der Waals surface area (Å²) in [6.07, 6.45) is 50.1. The summed E-state index contributed by atoms with van der Waals surface area (Å²) < 4.78 is 44.3. The molecule has 3 N–H and O–H groups in total. The molecule has 17 heteroatoms. The van der Waals surface area contributed by atoms with Gasteiger partial charge in [0, 0.05) is 32.6 Å². The summed E-state index contributed by atoms with van der Waals surface area (Å²) >= 11 is 0. The lowest BCUT2D eigenvalue weighted by Crippen LogP contribution is -2.90. The number of ketones is 1. The Balaban J connectivity index is 1.19. The number of Topliss-reactive ketones (excluding diaryl/α,β-unsaturated/α-hetero) is 1. The van der Waals surface area contributed by atoms with E-state index in [9.17, 15) is 39.0 Å². The second-order valence-corrected chi connectivity index (χ2v) is 28.1. The molecule has 2 aromatic rings. The van der Waals surface area contributed by atoms with E-state index in [-0.39, 0.29) is 55.4 Å². The van der Waals surface area contributed by atoms with Crippen molar-refractivity contribution >= 4 is 41.7 Å². The van der Waals surface area contributed by atoms with Crippen LogP contribution in [0.15, 0.2) is 218 Å². The van der Waals surface area contributed by atoms with Crippen molar-refractivity contribution in [3.63, 3.8) is 0 Å². The van der Waals surface area contributed by atoms with E-state index in [1.54, 1.807) is 76.2 Å². The number of carbonyl (C=O) groups excluding carboxylic acids is 7. The van der Waals surface area contributed by atoms with E-state index in [2.05, 4.69) is 129 Å². The van der Waals surface area contributed by atoms with Crippen molar-refractivity contribution in [2.45, 2.75) is 237 Å². The minimum Gasteiger partial charge on any atom is -0.461 e. The van der Waals surface area contributed by atoms with E-state index in [4.69, 9.17) is 33.2 Å². The number of carbonyl (C=O) groups is 7. The van der Waals surface area contributed by atoms with E-state index >= 15 is 4.79 Å². The summed E-state index contributed by atoms with van der Waals surface area (Å²) in [5.41, 5.74) is -10.8. The van der Waals surface area contributed by atoms with Gasteiger partial charge in [0.1, 0.15) is 35.1 Å². The second kappa shape index (κ2) is 39.2. The minimum absolute atomic E-state index is 0.0130. The zero-order chi connectivity index (χ0) is 74.5. The van der Waals surface area contributed by atoms with Gasteiger partial charge in [0.05, 0.1) is 35.0 Å². The topological polar surface area (TPSA) is 237 Å². The SMILES string of the molecule is CC/C=C\C/C=C\C/C=C\C/C=C\C/C=C\C/C=C\CCC(=O)O[C@H]1C(=O)[C@]2(C)[C@@H](OC(=O)CC/C=C\C/C=C\C/C=C\C/C=C\C/C=C\C/C=C\CC)C[C@H]3OC[C@@]3(OC(C)=O)[C@H]2[C@H](OC(=O)c2ccccc2)[C@]2(O)CC3(OC(=O)[C@H](O)C(NC(=O)OC(C)(C)C)c4ccccc4)C(C)=C1C32C. The fourth-order valence-electron chi connectivity index (χ4n) is 14.7. The van der Waals surface area contributed by atoms with Crippen LogP contribution in [0.5, 0.6) is 0 Å². The molecule has 0 aromatic heterocycles. The van der Waals surface area contributed by atoms with Crippen molar-refractivity contribution in [1.82, 2.24) is 5.32 Å². The van der Waals surface area contributed by atoms with Gasteiger partial charge >= 0.3 is 35.9 Å². The van der Waals surface area contributed by atoms with Crippen molar-refractivity contribution in [3.8, 4) is 0 Å². The number of amides is 1. The Morgan fingerprint density at radius 2 is 1.05 bits per heavy atom. The average molecular weight is 1410 g/mol. The number of aliphatic hydroxyl groups is 2. The van der Waals surface area contributed by atoms with Crippen LogP contribution in [0.4, 0.5) is 4.79 Å². The lowest BCUT2D eigenvalue weighted by atomic mass is 9.30. The predicted molar refractivity (Wildman–Crippen MR) is 400 cm³/mol. The maximum Gasteiger partial charge on any atom is 0.408 e. The van der Waals surface area contributed by atoms with Gasteiger partial charge in [0.15, 0.2) is 23.6 Å². The Labute approximate surface area is 610 Å². The first-order chi connectivity index (χ1) is 49.5. The van der Waals surface area contributed by atoms with Crippen LogP contribution in [0.1, 0.15) is 200 Å². The third kappa shape index (κ3) is 20.6. The van der Waals surface area contributed by atoms with Crippen molar-refractivity contribution in [3.05, 3.63) is 229 Å². The Morgan fingerprint density at radius 1 is 0.612 bits per heavy atom. The summed E-state index contributed by atoms with van der Waals surface area (Å²) in [5, 5.41) is 29.0. The molecule has 1 amide bonds. The van der Waals surface area contributed by atoms with Crippen LogP contribution in [0.2, 0.25) is 0 Å². The number of esters is 5. The number of allylic oxidation sites excluding steroid dienone is 24. The third-order valence-electron chi connectivity index (χ3n) is 19.9. The fraction of sp³-hybridized carbons (Fsp3) is 0.477. The highest BCUT2D eigenvalue weighted by Gasteiger charge is 2.90. The smallest absolute Gasteiger partial charge is 0.408 e. The Kier molecular flexibility index (Phi) is 31.0. The molecule has 0 radical (unpaired) electrons. The lowest BCUT2D eigenvalue weighted by molar-refractivity contribution is -0.376. The monoisotopic (exact) mass is 1410 g/mol.